The fraction of sp³-hybridized carbons (Fsp3) is 0.0417. The van der Waals surface area contributed by atoms with Gasteiger partial charge in [-0.15, -0.1) is 0 Å². The number of carbonyl (C=O) groups excluding carboxylic acids is 1. The summed E-state index contributed by atoms with van der Waals surface area (Å²) >= 11 is 8.20. The van der Waals surface area contributed by atoms with Crippen molar-refractivity contribution >= 4 is 55.2 Å². The highest BCUT2D eigenvalue weighted by Crippen LogP contribution is 2.28. The Morgan fingerprint density at radius 2 is 1.39 bits per heavy atom. The summed E-state index contributed by atoms with van der Waals surface area (Å²) in [7, 11) is 0. The van der Waals surface area contributed by atoms with E-state index in [1.807, 2.05) is 84.9 Å². The van der Waals surface area contributed by atoms with Crippen molar-refractivity contribution < 1.29 is 4.79 Å². The van der Waals surface area contributed by atoms with Gasteiger partial charge in [-0.2, -0.15) is 0 Å². The molecule has 4 aromatic rings. The van der Waals surface area contributed by atoms with Crippen LogP contribution in [-0.2, 0) is 4.79 Å². The summed E-state index contributed by atoms with van der Waals surface area (Å²) in [6.45, 7) is 0. The molecule has 0 bridgehead atoms. The molecular weight excluding hydrogens is 538 g/mol. The number of benzene rings is 3. The van der Waals surface area contributed by atoms with Crippen LogP contribution in [0.1, 0.15) is 0 Å². The zero-order valence-corrected chi connectivity index (χ0v) is 20.2. The zero-order chi connectivity index (χ0) is 21.6. The number of halogens is 2. The van der Waals surface area contributed by atoms with Gasteiger partial charge < -0.3 is 5.32 Å². The van der Waals surface area contributed by atoms with E-state index in [9.17, 15) is 4.79 Å². The number of hydrogen-bond acceptors (Lipinski definition) is 4. The largest absolute Gasteiger partial charge is 0.324 e. The standard InChI is InChI=1S/C24H17Br2N3OS/c25-18-11-12-19(26)22(13-18)27-23(30)15-31-24-28-20(16-7-3-1-4-8-16)14-21(29-24)17-9-5-2-6-10-17/h1-14H,15H2,(H,27,30). The Morgan fingerprint density at radius 1 is 0.806 bits per heavy atom. The van der Waals surface area contributed by atoms with Crippen LogP contribution < -0.4 is 5.32 Å². The lowest BCUT2D eigenvalue weighted by Crippen LogP contribution is -2.14. The molecule has 7 heteroatoms. The number of amides is 1. The highest BCUT2D eigenvalue weighted by molar-refractivity contribution is 9.11. The van der Waals surface area contributed by atoms with Gasteiger partial charge in [0.1, 0.15) is 0 Å². The Bertz CT molecular complexity index is 1150. The Kier molecular flexibility index (Phi) is 7.17. The predicted molar refractivity (Wildman–Crippen MR) is 134 cm³/mol. The highest BCUT2D eigenvalue weighted by atomic mass is 79.9. The van der Waals surface area contributed by atoms with E-state index in [1.165, 1.54) is 11.8 Å². The molecule has 0 saturated carbocycles. The molecule has 0 unspecified atom stereocenters. The van der Waals surface area contributed by atoms with Crippen LogP contribution in [0.25, 0.3) is 22.5 Å². The molecule has 4 nitrogen and oxygen atoms in total. The molecular formula is C24H17Br2N3OS. The van der Waals surface area contributed by atoms with Crippen molar-refractivity contribution in [2.45, 2.75) is 5.16 Å². The average molecular weight is 555 g/mol. The van der Waals surface area contributed by atoms with Gasteiger partial charge >= 0.3 is 0 Å². The van der Waals surface area contributed by atoms with Gasteiger partial charge in [-0.25, -0.2) is 9.97 Å². The van der Waals surface area contributed by atoms with Crippen LogP contribution >= 0.6 is 43.6 Å². The molecule has 0 aliphatic heterocycles. The number of carbonyl (C=O) groups is 1. The summed E-state index contributed by atoms with van der Waals surface area (Å²) in [6.07, 6.45) is 0. The summed E-state index contributed by atoms with van der Waals surface area (Å²) < 4.78 is 1.72. The van der Waals surface area contributed by atoms with Crippen LogP contribution in [0, 0.1) is 0 Å². The molecule has 1 heterocycles. The fourth-order valence-corrected chi connectivity index (χ4v) is 4.28. The number of anilines is 1. The van der Waals surface area contributed by atoms with Crippen molar-refractivity contribution in [2.75, 3.05) is 11.1 Å². The molecule has 1 aromatic heterocycles. The molecule has 31 heavy (non-hydrogen) atoms. The first-order chi connectivity index (χ1) is 15.1. The van der Waals surface area contributed by atoms with E-state index in [4.69, 9.17) is 9.97 Å². The summed E-state index contributed by atoms with van der Waals surface area (Å²) in [5.41, 5.74) is 4.38. The summed E-state index contributed by atoms with van der Waals surface area (Å²) in [4.78, 5) is 21.9. The monoisotopic (exact) mass is 553 g/mol. The Labute approximate surface area is 201 Å². The second-order valence-corrected chi connectivity index (χ2v) is 9.33. The smallest absolute Gasteiger partial charge is 0.234 e. The topological polar surface area (TPSA) is 54.9 Å². The van der Waals surface area contributed by atoms with E-state index in [1.54, 1.807) is 0 Å². The van der Waals surface area contributed by atoms with Crippen molar-refractivity contribution in [3.8, 4) is 22.5 Å². The number of aromatic nitrogens is 2. The minimum atomic E-state index is -0.126. The highest BCUT2D eigenvalue weighted by Gasteiger charge is 2.12. The minimum absolute atomic E-state index is 0.126. The number of thioether (sulfide) groups is 1. The lowest BCUT2D eigenvalue weighted by atomic mass is 10.1. The molecule has 0 spiro atoms. The van der Waals surface area contributed by atoms with Crippen LogP contribution in [0.3, 0.4) is 0 Å². The maximum absolute atomic E-state index is 12.5. The van der Waals surface area contributed by atoms with Gasteiger partial charge in [0.15, 0.2) is 5.16 Å². The number of hydrogen-bond donors (Lipinski definition) is 1. The van der Waals surface area contributed by atoms with Crippen molar-refractivity contribution in [1.29, 1.82) is 0 Å². The van der Waals surface area contributed by atoms with Crippen LogP contribution in [0.5, 0.6) is 0 Å². The third-order valence-corrected chi connectivity index (χ3v) is 6.41. The molecule has 0 aliphatic rings. The van der Waals surface area contributed by atoms with Crippen molar-refractivity contribution in [3.63, 3.8) is 0 Å². The Balaban J connectivity index is 1.57. The molecule has 0 radical (unpaired) electrons. The third kappa shape index (κ3) is 5.81. The second-order valence-electron chi connectivity index (χ2n) is 6.61. The van der Waals surface area contributed by atoms with E-state index in [2.05, 4.69) is 37.2 Å². The summed E-state index contributed by atoms with van der Waals surface area (Å²) in [5.74, 6) is 0.0737. The van der Waals surface area contributed by atoms with Gasteiger partial charge in [0.2, 0.25) is 5.91 Å². The third-order valence-electron chi connectivity index (χ3n) is 4.38. The van der Waals surface area contributed by atoms with Crippen LogP contribution in [0.15, 0.2) is 99.0 Å². The second kappa shape index (κ2) is 10.2. The average Bonchev–Trinajstić information content (AvgIpc) is 2.81. The first-order valence-electron chi connectivity index (χ1n) is 9.46. The first-order valence-corrected chi connectivity index (χ1v) is 12.0. The minimum Gasteiger partial charge on any atom is -0.324 e. The zero-order valence-electron chi connectivity index (χ0n) is 16.3. The number of nitrogens with one attached hydrogen (secondary N) is 1. The van der Waals surface area contributed by atoms with Gasteiger partial charge in [0.25, 0.3) is 0 Å². The predicted octanol–water partition coefficient (Wildman–Crippen LogP) is 7.07. The van der Waals surface area contributed by atoms with E-state index in [0.29, 0.717) is 10.8 Å². The normalized spacial score (nSPS) is 10.6. The summed E-state index contributed by atoms with van der Waals surface area (Å²) in [5, 5.41) is 3.48. The lowest BCUT2D eigenvalue weighted by Gasteiger charge is -2.10. The van der Waals surface area contributed by atoms with Gasteiger partial charge in [0, 0.05) is 20.1 Å². The Hall–Kier alpha value is -2.48. The van der Waals surface area contributed by atoms with E-state index < -0.39 is 0 Å². The maximum atomic E-state index is 12.5. The molecule has 0 saturated heterocycles. The van der Waals surface area contributed by atoms with Crippen molar-refractivity contribution in [2.24, 2.45) is 0 Å². The molecule has 3 aromatic carbocycles. The molecule has 154 valence electrons. The molecule has 0 fully saturated rings. The number of nitrogens with zero attached hydrogens (tertiary/aromatic N) is 2. The Morgan fingerprint density at radius 3 is 1.97 bits per heavy atom. The van der Waals surface area contributed by atoms with Crippen LogP contribution in [0.2, 0.25) is 0 Å². The molecule has 1 amide bonds. The van der Waals surface area contributed by atoms with Crippen molar-refractivity contribution in [1.82, 2.24) is 9.97 Å². The fourth-order valence-electron chi connectivity index (χ4n) is 2.91. The van der Waals surface area contributed by atoms with Gasteiger partial charge in [-0.05, 0) is 40.2 Å². The van der Waals surface area contributed by atoms with E-state index in [-0.39, 0.29) is 11.7 Å². The SMILES string of the molecule is O=C(CSc1nc(-c2ccccc2)cc(-c2ccccc2)n1)Nc1cc(Br)ccc1Br. The van der Waals surface area contributed by atoms with Crippen molar-refractivity contribution in [3.05, 3.63) is 93.9 Å². The number of rotatable bonds is 6. The molecule has 0 aliphatic carbocycles. The summed E-state index contributed by atoms with van der Waals surface area (Å²) in [6, 6.07) is 27.6. The van der Waals surface area contributed by atoms with Crippen LogP contribution in [-0.4, -0.2) is 21.6 Å². The van der Waals surface area contributed by atoms with Gasteiger partial charge in [-0.3, -0.25) is 4.79 Å². The lowest BCUT2D eigenvalue weighted by molar-refractivity contribution is -0.113. The van der Waals surface area contributed by atoms with Crippen LogP contribution in [0.4, 0.5) is 5.69 Å². The molecule has 0 atom stereocenters. The quantitative estimate of drug-likeness (QED) is 0.204. The molecule has 4 rings (SSSR count). The van der Waals surface area contributed by atoms with E-state index in [0.717, 1.165) is 31.5 Å². The maximum Gasteiger partial charge on any atom is 0.234 e. The van der Waals surface area contributed by atoms with E-state index >= 15 is 0 Å². The molecule has 1 N–H and O–H groups in total. The van der Waals surface area contributed by atoms with Gasteiger partial charge in [0.05, 0.1) is 22.8 Å². The first kappa shape index (κ1) is 21.7. The van der Waals surface area contributed by atoms with Gasteiger partial charge in [-0.1, -0.05) is 88.4 Å².